The molecule has 1 fully saturated rings. The van der Waals surface area contributed by atoms with Gasteiger partial charge in [0.1, 0.15) is 11.3 Å². The molecule has 0 aromatic carbocycles. The highest BCUT2D eigenvalue weighted by atomic mass is 16.6. The van der Waals surface area contributed by atoms with E-state index in [2.05, 4.69) is 13.8 Å². The summed E-state index contributed by atoms with van der Waals surface area (Å²) in [6.45, 7) is 13.6. The topological polar surface area (TPSA) is 65.1 Å². The molecule has 0 aromatic heterocycles. The number of amides is 1. The lowest BCUT2D eigenvalue weighted by Crippen LogP contribution is -2.49. The van der Waals surface area contributed by atoms with E-state index in [4.69, 9.17) is 14.2 Å². The number of nitrogens with zero attached hydrogens (tertiary/aromatic N) is 1. The maximum atomic E-state index is 12.6. The molecule has 1 heterocycles. The standard InChI is InChI=1S/C19H33NO5/c1-13(2)11-14(16(21)23-8)9-10-15-12-24-19(6,7)20(15)17(22)25-18(3,4)5/h9-10,13-15H,11-12H2,1-8H3/b10-9+/t14-,15-/m1/s1. The fourth-order valence-electron chi connectivity index (χ4n) is 2.82. The Morgan fingerprint density at radius 1 is 1.32 bits per heavy atom. The lowest BCUT2D eigenvalue weighted by molar-refractivity contribution is -0.144. The summed E-state index contributed by atoms with van der Waals surface area (Å²) < 4.78 is 16.2. The fourth-order valence-corrected chi connectivity index (χ4v) is 2.82. The van der Waals surface area contributed by atoms with Crippen molar-refractivity contribution in [3.8, 4) is 0 Å². The Morgan fingerprint density at radius 3 is 2.40 bits per heavy atom. The summed E-state index contributed by atoms with van der Waals surface area (Å²) in [6, 6.07) is -0.288. The first-order chi connectivity index (χ1) is 11.4. The number of esters is 1. The SMILES string of the molecule is COC(=O)[C@H](/C=C/[C@@H]1COC(C)(C)N1C(=O)OC(C)(C)C)CC(C)C. The van der Waals surface area contributed by atoms with E-state index in [-0.39, 0.29) is 17.9 Å². The average molecular weight is 355 g/mol. The Kier molecular flexibility index (Phi) is 7.06. The van der Waals surface area contributed by atoms with Crippen molar-refractivity contribution in [2.24, 2.45) is 11.8 Å². The van der Waals surface area contributed by atoms with Crippen LogP contribution in [-0.2, 0) is 19.0 Å². The number of carbonyl (C=O) groups excluding carboxylic acids is 2. The number of carbonyl (C=O) groups is 2. The summed E-state index contributed by atoms with van der Waals surface area (Å²) in [4.78, 5) is 26.2. The molecule has 0 N–H and O–H groups in total. The van der Waals surface area contributed by atoms with Crippen LogP contribution >= 0.6 is 0 Å². The van der Waals surface area contributed by atoms with E-state index >= 15 is 0 Å². The van der Waals surface area contributed by atoms with Crippen LogP contribution in [-0.4, -0.2) is 48.0 Å². The van der Waals surface area contributed by atoms with E-state index in [9.17, 15) is 9.59 Å². The second-order valence-corrected chi connectivity index (χ2v) is 8.32. The van der Waals surface area contributed by atoms with Crippen molar-refractivity contribution in [3.05, 3.63) is 12.2 Å². The first-order valence-corrected chi connectivity index (χ1v) is 8.80. The molecule has 25 heavy (non-hydrogen) atoms. The van der Waals surface area contributed by atoms with Crippen LogP contribution in [0.25, 0.3) is 0 Å². The Morgan fingerprint density at radius 2 is 1.92 bits per heavy atom. The zero-order chi connectivity index (χ0) is 19.4. The summed E-state index contributed by atoms with van der Waals surface area (Å²) in [5.41, 5.74) is -1.35. The summed E-state index contributed by atoms with van der Waals surface area (Å²) >= 11 is 0. The summed E-state index contributed by atoms with van der Waals surface area (Å²) in [5, 5.41) is 0. The van der Waals surface area contributed by atoms with Gasteiger partial charge in [-0.05, 0) is 47.0 Å². The predicted molar refractivity (Wildman–Crippen MR) is 96.0 cm³/mol. The molecule has 2 atom stereocenters. The van der Waals surface area contributed by atoms with Gasteiger partial charge in [-0.2, -0.15) is 0 Å². The minimum atomic E-state index is -0.768. The molecule has 0 bridgehead atoms. The van der Waals surface area contributed by atoms with E-state index in [1.807, 2.05) is 46.8 Å². The van der Waals surface area contributed by atoms with Crippen LogP contribution < -0.4 is 0 Å². The largest absolute Gasteiger partial charge is 0.469 e. The maximum Gasteiger partial charge on any atom is 0.413 e. The van der Waals surface area contributed by atoms with Gasteiger partial charge in [0.15, 0.2) is 0 Å². The highest BCUT2D eigenvalue weighted by molar-refractivity contribution is 5.74. The van der Waals surface area contributed by atoms with Gasteiger partial charge in [-0.15, -0.1) is 0 Å². The Balaban J connectivity index is 2.96. The van der Waals surface area contributed by atoms with Crippen LogP contribution in [0.15, 0.2) is 12.2 Å². The van der Waals surface area contributed by atoms with Gasteiger partial charge in [0.05, 0.1) is 25.7 Å². The number of ether oxygens (including phenoxy) is 3. The van der Waals surface area contributed by atoms with Crippen LogP contribution in [0.3, 0.4) is 0 Å². The smallest absolute Gasteiger partial charge is 0.413 e. The Labute approximate surface area is 151 Å². The van der Waals surface area contributed by atoms with Crippen molar-refractivity contribution in [2.75, 3.05) is 13.7 Å². The molecule has 0 unspecified atom stereocenters. The van der Waals surface area contributed by atoms with E-state index in [0.717, 1.165) is 0 Å². The molecule has 144 valence electrons. The third-order valence-electron chi connectivity index (χ3n) is 3.90. The quantitative estimate of drug-likeness (QED) is 0.555. The van der Waals surface area contributed by atoms with E-state index in [1.165, 1.54) is 7.11 Å². The van der Waals surface area contributed by atoms with Gasteiger partial charge in [-0.1, -0.05) is 26.0 Å². The third kappa shape index (κ3) is 6.34. The van der Waals surface area contributed by atoms with Crippen LogP contribution in [0.2, 0.25) is 0 Å². The van der Waals surface area contributed by atoms with Gasteiger partial charge in [0.2, 0.25) is 0 Å². The van der Waals surface area contributed by atoms with Crippen LogP contribution in [0, 0.1) is 11.8 Å². The summed E-state index contributed by atoms with van der Waals surface area (Å²) in [7, 11) is 1.39. The number of methoxy groups -OCH3 is 1. The highest BCUT2D eigenvalue weighted by Crippen LogP contribution is 2.30. The van der Waals surface area contributed by atoms with E-state index in [0.29, 0.717) is 18.9 Å². The monoisotopic (exact) mass is 355 g/mol. The first kappa shape index (κ1) is 21.5. The fraction of sp³-hybridized carbons (Fsp3) is 0.789. The molecule has 6 nitrogen and oxygen atoms in total. The van der Waals surface area contributed by atoms with Crippen LogP contribution in [0.4, 0.5) is 4.79 Å². The molecular formula is C19H33NO5. The van der Waals surface area contributed by atoms with Gasteiger partial charge in [0, 0.05) is 0 Å². The van der Waals surface area contributed by atoms with Crippen molar-refractivity contribution in [1.82, 2.24) is 4.90 Å². The number of hydrogen-bond donors (Lipinski definition) is 0. The lowest BCUT2D eigenvalue weighted by Gasteiger charge is -2.34. The molecule has 0 saturated carbocycles. The van der Waals surface area contributed by atoms with Gasteiger partial charge < -0.3 is 14.2 Å². The maximum absolute atomic E-state index is 12.6. The van der Waals surface area contributed by atoms with Gasteiger partial charge in [-0.25, -0.2) is 4.79 Å². The first-order valence-electron chi connectivity index (χ1n) is 8.80. The Hall–Kier alpha value is -1.56. The molecule has 0 aliphatic carbocycles. The molecule has 1 rings (SSSR count). The molecule has 1 saturated heterocycles. The average Bonchev–Trinajstić information content (AvgIpc) is 2.75. The predicted octanol–water partition coefficient (Wildman–Crippen LogP) is 3.75. The lowest BCUT2D eigenvalue weighted by atomic mass is 9.96. The van der Waals surface area contributed by atoms with Crippen molar-refractivity contribution < 1.29 is 23.8 Å². The second-order valence-electron chi connectivity index (χ2n) is 8.32. The molecule has 1 amide bonds. The van der Waals surface area contributed by atoms with Gasteiger partial charge >= 0.3 is 12.1 Å². The second kappa shape index (κ2) is 8.21. The van der Waals surface area contributed by atoms with Crippen molar-refractivity contribution in [1.29, 1.82) is 0 Å². The zero-order valence-corrected chi connectivity index (χ0v) is 16.8. The summed E-state index contributed by atoms with van der Waals surface area (Å²) in [6.07, 6.45) is 3.93. The summed E-state index contributed by atoms with van der Waals surface area (Å²) in [5.74, 6) is -0.256. The number of hydrogen-bond acceptors (Lipinski definition) is 5. The number of rotatable bonds is 5. The molecule has 0 spiro atoms. The molecule has 0 aromatic rings. The molecule has 1 aliphatic rings. The van der Waals surface area contributed by atoms with Gasteiger partial charge in [-0.3, -0.25) is 9.69 Å². The Bertz CT molecular complexity index is 504. The van der Waals surface area contributed by atoms with Crippen LogP contribution in [0.1, 0.15) is 54.9 Å². The molecule has 6 heteroatoms. The van der Waals surface area contributed by atoms with Crippen molar-refractivity contribution in [3.63, 3.8) is 0 Å². The van der Waals surface area contributed by atoms with E-state index in [1.54, 1.807) is 4.90 Å². The van der Waals surface area contributed by atoms with Gasteiger partial charge in [0.25, 0.3) is 0 Å². The van der Waals surface area contributed by atoms with Crippen molar-refractivity contribution in [2.45, 2.75) is 72.3 Å². The molecule has 0 radical (unpaired) electrons. The third-order valence-corrected chi connectivity index (χ3v) is 3.90. The van der Waals surface area contributed by atoms with Crippen LogP contribution in [0.5, 0.6) is 0 Å². The zero-order valence-electron chi connectivity index (χ0n) is 16.8. The normalized spacial score (nSPS) is 21.6. The minimum absolute atomic E-state index is 0.271. The van der Waals surface area contributed by atoms with E-state index < -0.39 is 17.4 Å². The van der Waals surface area contributed by atoms with Crippen molar-refractivity contribution >= 4 is 12.1 Å². The molecule has 1 aliphatic heterocycles. The molecular weight excluding hydrogens is 322 g/mol. The highest BCUT2D eigenvalue weighted by Gasteiger charge is 2.44. The minimum Gasteiger partial charge on any atom is -0.469 e.